The summed E-state index contributed by atoms with van der Waals surface area (Å²) in [7, 11) is 0. The van der Waals surface area contributed by atoms with Crippen LogP contribution in [0.25, 0.3) is 10.2 Å². The van der Waals surface area contributed by atoms with Gasteiger partial charge in [0.1, 0.15) is 9.86 Å². The molecule has 2 aromatic rings. The SMILES string of the molecule is Cc1cc2c(SCCC(C)C)nc(NN)nc2s1. The Morgan fingerprint density at radius 3 is 2.89 bits per heavy atom. The quantitative estimate of drug-likeness (QED) is 0.381. The van der Waals surface area contributed by atoms with Crippen molar-refractivity contribution in [1.82, 2.24) is 9.97 Å². The van der Waals surface area contributed by atoms with Gasteiger partial charge in [-0.1, -0.05) is 13.8 Å². The number of hydrazine groups is 1. The highest BCUT2D eigenvalue weighted by Crippen LogP contribution is 2.32. The maximum Gasteiger partial charge on any atom is 0.239 e. The van der Waals surface area contributed by atoms with E-state index in [1.54, 1.807) is 23.1 Å². The highest BCUT2D eigenvalue weighted by atomic mass is 32.2. The van der Waals surface area contributed by atoms with Gasteiger partial charge in [0.25, 0.3) is 0 Å². The third-order valence-corrected chi connectivity index (χ3v) is 4.51. The molecule has 0 saturated carbocycles. The van der Waals surface area contributed by atoms with E-state index < -0.39 is 0 Å². The van der Waals surface area contributed by atoms with Crippen LogP contribution in [0, 0.1) is 12.8 Å². The number of aryl methyl sites for hydroxylation is 1. The molecule has 3 N–H and O–H groups in total. The van der Waals surface area contributed by atoms with E-state index in [-0.39, 0.29) is 0 Å². The largest absolute Gasteiger partial charge is 0.292 e. The number of fused-ring (bicyclic) bond motifs is 1. The van der Waals surface area contributed by atoms with Gasteiger partial charge in [0.15, 0.2) is 0 Å². The van der Waals surface area contributed by atoms with Crippen LogP contribution in [0.1, 0.15) is 25.1 Å². The Balaban J connectivity index is 2.28. The first kappa shape index (κ1) is 13.6. The van der Waals surface area contributed by atoms with Gasteiger partial charge in [-0.15, -0.1) is 23.1 Å². The van der Waals surface area contributed by atoms with Crippen LogP contribution in [-0.2, 0) is 0 Å². The van der Waals surface area contributed by atoms with E-state index in [0.29, 0.717) is 11.9 Å². The standard InChI is InChI=1S/C12H18N4S2/c1-7(2)4-5-17-10-9-6-8(3)18-11(9)15-12(14-10)16-13/h6-7H,4-5,13H2,1-3H3,(H,14,15,16). The molecule has 98 valence electrons. The van der Waals surface area contributed by atoms with E-state index in [1.807, 2.05) is 0 Å². The zero-order valence-corrected chi connectivity index (χ0v) is 12.5. The summed E-state index contributed by atoms with van der Waals surface area (Å²) in [4.78, 5) is 11.1. The highest BCUT2D eigenvalue weighted by Gasteiger charge is 2.10. The summed E-state index contributed by atoms with van der Waals surface area (Å²) in [5, 5.41) is 2.17. The van der Waals surface area contributed by atoms with E-state index in [0.717, 1.165) is 21.0 Å². The molecule has 2 heterocycles. The topological polar surface area (TPSA) is 63.8 Å². The third-order valence-electron chi connectivity index (χ3n) is 2.54. The number of anilines is 1. The lowest BCUT2D eigenvalue weighted by Gasteiger charge is -2.06. The number of thiophene rings is 1. The van der Waals surface area contributed by atoms with Gasteiger partial charge in [-0.05, 0) is 31.1 Å². The predicted octanol–water partition coefficient (Wildman–Crippen LogP) is 3.42. The normalized spacial score (nSPS) is 11.4. The van der Waals surface area contributed by atoms with Crippen molar-refractivity contribution in [3.8, 4) is 0 Å². The van der Waals surface area contributed by atoms with Crippen molar-refractivity contribution in [2.45, 2.75) is 32.2 Å². The van der Waals surface area contributed by atoms with Crippen LogP contribution >= 0.6 is 23.1 Å². The molecule has 0 unspecified atom stereocenters. The van der Waals surface area contributed by atoms with Crippen molar-refractivity contribution in [1.29, 1.82) is 0 Å². The molecule has 0 amide bonds. The lowest BCUT2D eigenvalue weighted by atomic mass is 10.2. The molecule has 0 spiro atoms. The number of nitrogen functional groups attached to an aromatic ring is 1. The average molecular weight is 282 g/mol. The number of hydrogen-bond donors (Lipinski definition) is 2. The van der Waals surface area contributed by atoms with Gasteiger partial charge in [-0.2, -0.15) is 0 Å². The molecule has 0 fully saturated rings. The predicted molar refractivity (Wildman–Crippen MR) is 80.1 cm³/mol. The first-order chi connectivity index (χ1) is 8.60. The minimum Gasteiger partial charge on any atom is -0.292 e. The fourth-order valence-corrected chi connectivity index (χ4v) is 3.77. The van der Waals surface area contributed by atoms with Gasteiger partial charge < -0.3 is 0 Å². The Morgan fingerprint density at radius 1 is 1.44 bits per heavy atom. The summed E-state index contributed by atoms with van der Waals surface area (Å²) < 4.78 is 0. The molecule has 6 heteroatoms. The number of rotatable bonds is 5. The molecular formula is C12H18N4S2. The minimum absolute atomic E-state index is 0.497. The van der Waals surface area contributed by atoms with Gasteiger partial charge in [0.05, 0.1) is 0 Å². The molecule has 0 aromatic carbocycles. The fraction of sp³-hybridized carbons (Fsp3) is 0.500. The smallest absolute Gasteiger partial charge is 0.239 e. The molecule has 0 aliphatic carbocycles. The Labute approximate surface area is 115 Å². The zero-order chi connectivity index (χ0) is 13.1. The van der Waals surface area contributed by atoms with Crippen molar-refractivity contribution < 1.29 is 0 Å². The summed E-state index contributed by atoms with van der Waals surface area (Å²) in [6, 6.07) is 2.15. The summed E-state index contributed by atoms with van der Waals surface area (Å²) in [6.07, 6.45) is 1.19. The molecular weight excluding hydrogens is 264 g/mol. The molecule has 0 atom stereocenters. The van der Waals surface area contributed by atoms with Gasteiger partial charge in [0, 0.05) is 10.3 Å². The summed E-state index contributed by atoms with van der Waals surface area (Å²) >= 11 is 3.46. The van der Waals surface area contributed by atoms with Crippen LogP contribution in [0.5, 0.6) is 0 Å². The van der Waals surface area contributed by atoms with Crippen molar-refractivity contribution in [3.63, 3.8) is 0 Å². The van der Waals surface area contributed by atoms with Gasteiger partial charge in [-0.25, -0.2) is 15.8 Å². The van der Waals surface area contributed by atoms with Gasteiger partial charge in [-0.3, -0.25) is 5.43 Å². The second kappa shape index (κ2) is 5.86. The number of thioether (sulfide) groups is 1. The van der Waals surface area contributed by atoms with Crippen molar-refractivity contribution >= 4 is 39.3 Å². The number of nitrogens with two attached hydrogens (primary N) is 1. The second-order valence-electron chi connectivity index (χ2n) is 4.60. The van der Waals surface area contributed by atoms with E-state index >= 15 is 0 Å². The zero-order valence-electron chi connectivity index (χ0n) is 10.9. The Hall–Kier alpha value is -0.850. The Bertz CT molecular complexity index is 536. The number of aromatic nitrogens is 2. The number of nitrogens with zero attached hydrogens (tertiary/aromatic N) is 2. The van der Waals surface area contributed by atoms with Crippen LogP contribution in [0.2, 0.25) is 0 Å². The minimum atomic E-state index is 0.497. The van der Waals surface area contributed by atoms with E-state index in [9.17, 15) is 0 Å². The molecule has 4 nitrogen and oxygen atoms in total. The summed E-state index contributed by atoms with van der Waals surface area (Å²) in [5.74, 6) is 7.70. The average Bonchev–Trinajstić information content (AvgIpc) is 2.68. The molecule has 0 radical (unpaired) electrons. The lowest BCUT2D eigenvalue weighted by Crippen LogP contribution is -2.10. The summed E-state index contributed by atoms with van der Waals surface area (Å²) in [6.45, 7) is 6.56. The first-order valence-electron chi connectivity index (χ1n) is 5.97. The number of nitrogens with one attached hydrogen (secondary N) is 1. The van der Waals surface area contributed by atoms with E-state index in [4.69, 9.17) is 5.84 Å². The second-order valence-corrected chi connectivity index (χ2v) is 6.92. The highest BCUT2D eigenvalue weighted by molar-refractivity contribution is 7.99. The van der Waals surface area contributed by atoms with Gasteiger partial charge >= 0.3 is 0 Å². The monoisotopic (exact) mass is 282 g/mol. The van der Waals surface area contributed by atoms with Crippen LogP contribution in [-0.4, -0.2) is 15.7 Å². The molecule has 0 saturated heterocycles. The van der Waals surface area contributed by atoms with Crippen molar-refractivity contribution in [3.05, 3.63) is 10.9 Å². The van der Waals surface area contributed by atoms with E-state index in [2.05, 4.69) is 42.2 Å². The first-order valence-corrected chi connectivity index (χ1v) is 7.78. The Morgan fingerprint density at radius 2 is 2.22 bits per heavy atom. The number of hydrogen-bond acceptors (Lipinski definition) is 6. The molecule has 0 bridgehead atoms. The maximum atomic E-state index is 5.41. The van der Waals surface area contributed by atoms with Crippen LogP contribution < -0.4 is 11.3 Å². The lowest BCUT2D eigenvalue weighted by molar-refractivity contribution is 0.632. The van der Waals surface area contributed by atoms with Crippen LogP contribution in [0.3, 0.4) is 0 Å². The Kier molecular flexibility index (Phi) is 4.42. The van der Waals surface area contributed by atoms with Crippen LogP contribution in [0.15, 0.2) is 11.1 Å². The molecule has 18 heavy (non-hydrogen) atoms. The van der Waals surface area contributed by atoms with Gasteiger partial charge in [0.2, 0.25) is 5.95 Å². The van der Waals surface area contributed by atoms with E-state index in [1.165, 1.54) is 11.3 Å². The third kappa shape index (κ3) is 3.13. The van der Waals surface area contributed by atoms with Crippen LogP contribution in [0.4, 0.5) is 5.95 Å². The summed E-state index contributed by atoms with van der Waals surface area (Å²) in [5.41, 5.74) is 2.54. The van der Waals surface area contributed by atoms with Crippen molar-refractivity contribution in [2.75, 3.05) is 11.2 Å². The molecule has 0 aliphatic heterocycles. The molecule has 2 aromatic heterocycles. The fourth-order valence-electron chi connectivity index (χ4n) is 1.58. The molecule has 2 rings (SSSR count). The van der Waals surface area contributed by atoms with Crippen molar-refractivity contribution in [2.24, 2.45) is 11.8 Å². The maximum absolute atomic E-state index is 5.41. The molecule has 0 aliphatic rings.